The van der Waals surface area contributed by atoms with E-state index >= 15 is 0 Å². The van der Waals surface area contributed by atoms with Crippen molar-refractivity contribution in [3.05, 3.63) is 0 Å². The Labute approximate surface area is 87.4 Å². The molecule has 3 nitrogen and oxygen atoms in total. The molecule has 0 heterocycles. The Morgan fingerprint density at radius 3 is 2.86 bits per heavy atom. The van der Waals surface area contributed by atoms with Crippen molar-refractivity contribution < 1.29 is 4.74 Å². The number of rotatable bonds is 5. The fourth-order valence-corrected chi connectivity index (χ4v) is 1.97. The van der Waals surface area contributed by atoms with Crippen LogP contribution < -0.4 is 11.1 Å². The maximum Gasteiger partial charge on any atom is 0.0594 e. The van der Waals surface area contributed by atoms with Crippen molar-refractivity contribution in [3.63, 3.8) is 0 Å². The summed E-state index contributed by atoms with van der Waals surface area (Å²) in [6, 6.07) is 1.03. The molecule has 0 saturated heterocycles. The molecule has 0 aliphatic heterocycles. The zero-order valence-electron chi connectivity index (χ0n) is 9.46. The summed E-state index contributed by atoms with van der Waals surface area (Å²) in [5.74, 6) is 0. The van der Waals surface area contributed by atoms with E-state index in [1.54, 1.807) is 0 Å². The molecule has 0 aromatic rings. The lowest BCUT2D eigenvalue weighted by Crippen LogP contribution is -2.40. The zero-order chi connectivity index (χ0) is 10.4. The van der Waals surface area contributed by atoms with Crippen molar-refractivity contribution in [1.29, 1.82) is 0 Å². The Bertz CT molecular complexity index is 150. The second-order valence-electron chi connectivity index (χ2n) is 4.50. The molecule has 3 N–H and O–H groups in total. The van der Waals surface area contributed by atoms with Crippen molar-refractivity contribution in [1.82, 2.24) is 5.32 Å². The Hall–Kier alpha value is -0.120. The van der Waals surface area contributed by atoms with Gasteiger partial charge in [-0.3, -0.25) is 0 Å². The molecule has 14 heavy (non-hydrogen) atoms. The normalized spacial score (nSPS) is 28.3. The van der Waals surface area contributed by atoms with Gasteiger partial charge in [0.2, 0.25) is 0 Å². The maximum atomic E-state index is 5.91. The summed E-state index contributed by atoms with van der Waals surface area (Å²) in [5, 5.41) is 3.50. The molecule has 3 heteroatoms. The van der Waals surface area contributed by atoms with Crippen LogP contribution in [0.4, 0.5) is 0 Å². The highest BCUT2D eigenvalue weighted by atomic mass is 16.5. The highest BCUT2D eigenvalue weighted by Gasteiger charge is 2.17. The number of hydrogen-bond acceptors (Lipinski definition) is 3. The molecule has 1 aliphatic rings. The fraction of sp³-hybridized carbons (Fsp3) is 1.00. The largest absolute Gasteiger partial charge is 0.377 e. The van der Waals surface area contributed by atoms with Crippen molar-refractivity contribution in [2.24, 2.45) is 5.73 Å². The summed E-state index contributed by atoms with van der Waals surface area (Å²) in [5.41, 5.74) is 5.91. The Morgan fingerprint density at radius 2 is 2.21 bits per heavy atom. The lowest BCUT2D eigenvalue weighted by atomic mass is 9.92. The highest BCUT2D eigenvalue weighted by molar-refractivity contribution is 4.79. The van der Waals surface area contributed by atoms with Crippen LogP contribution in [0.5, 0.6) is 0 Å². The van der Waals surface area contributed by atoms with Gasteiger partial charge in [0.25, 0.3) is 0 Å². The molecular weight excluding hydrogens is 176 g/mol. The Kier molecular flexibility index (Phi) is 5.45. The van der Waals surface area contributed by atoms with Crippen LogP contribution in [0.15, 0.2) is 0 Å². The summed E-state index contributed by atoms with van der Waals surface area (Å²) >= 11 is 0. The maximum absolute atomic E-state index is 5.91. The van der Waals surface area contributed by atoms with Crippen LogP contribution in [-0.2, 0) is 4.74 Å². The topological polar surface area (TPSA) is 47.3 Å². The van der Waals surface area contributed by atoms with Gasteiger partial charge in [-0.1, -0.05) is 6.42 Å². The molecular formula is C11H24N2O. The lowest BCUT2D eigenvalue weighted by molar-refractivity contribution is 0.0783. The summed E-state index contributed by atoms with van der Waals surface area (Å²) < 4.78 is 5.47. The SMILES string of the molecule is CC(C)OCCNC1CCCC(N)C1. The molecule has 1 fully saturated rings. The van der Waals surface area contributed by atoms with E-state index in [1.807, 2.05) is 0 Å². The van der Waals surface area contributed by atoms with Crippen LogP contribution >= 0.6 is 0 Å². The molecule has 1 aliphatic carbocycles. The van der Waals surface area contributed by atoms with Gasteiger partial charge >= 0.3 is 0 Å². The molecule has 84 valence electrons. The van der Waals surface area contributed by atoms with Gasteiger partial charge in [0.1, 0.15) is 0 Å². The van der Waals surface area contributed by atoms with Crippen molar-refractivity contribution >= 4 is 0 Å². The van der Waals surface area contributed by atoms with E-state index < -0.39 is 0 Å². The molecule has 2 atom stereocenters. The van der Waals surface area contributed by atoms with Crippen LogP contribution in [0.25, 0.3) is 0 Å². The van der Waals surface area contributed by atoms with E-state index in [0.29, 0.717) is 18.2 Å². The predicted octanol–water partition coefficient (Wildman–Crippen LogP) is 1.27. The van der Waals surface area contributed by atoms with Crippen LogP contribution in [0.3, 0.4) is 0 Å². The van der Waals surface area contributed by atoms with Gasteiger partial charge in [-0.05, 0) is 33.1 Å². The van der Waals surface area contributed by atoms with Crippen molar-refractivity contribution in [2.45, 2.75) is 57.7 Å². The Balaban J connectivity index is 2.00. The van der Waals surface area contributed by atoms with Crippen molar-refractivity contribution in [3.8, 4) is 0 Å². The van der Waals surface area contributed by atoms with Gasteiger partial charge in [-0.25, -0.2) is 0 Å². The lowest BCUT2D eigenvalue weighted by Gasteiger charge is -2.27. The predicted molar refractivity (Wildman–Crippen MR) is 59.3 cm³/mol. The molecule has 0 amide bonds. The molecule has 1 rings (SSSR count). The van der Waals surface area contributed by atoms with Gasteiger partial charge in [-0.2, -0.15) is 0 Å². The second kappa shape index (κ2) is 6.38. The molecule has 1 saturated carbocycles. The van der Waals surface area contributed by atoms with Crippen LogP contribution in [0, 0.1) is 0 Å². The first-order valence-corrected chi connectivity index (χ1v) is 5.79. The minimum absolute atomic E-state index is 0.338. The minimum Gasteiger partial charge on any atom is -0.377 e. The van der Waals surface area contributed by atoms with Gasteiger partial charge < -0.3 is 15.8 Å². The Morgan fingerprint density at radius 1 is 1.43 bits per heavy atom. The number of ether oxygens (including phenoxy) is 1. The third-order valence-corrected chi connectivity index (χ3v) is 2.70. The quantitative estimate of drug-likeness (QED) is 0.657. The molecule has 2 unspecified atom stereocenters. The van der Waals surface area contributed by atoms with E-state index in [2.05, 4.69) is 19.2 Å². The van der Waals surface area contributed by atoms with Gasteiger partial charge in [-0.15, -0.1) is 0 Å². The standard InChI is InChI=1S/C11H24N2O/c1-9(2)14-7-6-13-11-5-3-4-10(12)8-11/h9-11,13H,3-8,12H2,1-2H3. The number of nitrogens with two attached hydrogens (primary N) is 1. The third kappa shape index (κ3) is 4.94. The van der Waals surface area contributed by atoms with Gasteiger partial charge in [0.15, 0.2) is 0 Å². The molecule has 0 aromatic carbocycles. The summed E-state index contributed by atoms with van der Waals surface area (Å²) in [6.45, 7) is 5.89. The van der Waals surface area contributed by atoms with Crippen LogP contribution in [0.2, 0.25) is 0 Å². The fourth-order valence-electron chi connectivity index (χ4n) is 1.97. The monoisotopic (exact) mass is 200 g/mol. The van der Waals surface area contributed by atoms with E-state index in [-0.39, 0.29) is 0 Å². The van der Waals surface area contributed by atoms with E-state index in [1.165, 1.54) is 19.3 Å². The molecule has 0 bridgehead atoms. The molecule has 0 radical (unpaired) electrons. The van der Waals surface area contributed by atoms with Gasteiger partial charge in [0.05, 0.1) is 12.7 Å². The first-order chi connectivity index (χ1) is 6.68. The minimum atomic E-state index is 0.338. The average Bonchev–Trinajstić information content (AvgIpc) is 2.12. The molecule has 0 aromatic heterocycles. The smallest absolute Gasteiger partial charge is 0.0594 e. The molecule has 0 spiro atoms. The second-order valence-corrected chi connectivity index (χ2v) is 4.50. The van der Waals surface area contributed by atoms with Crippen LogP contribution in [-0.4, -0.2) is 31.3 Å². The highest BCUT2D eigenvalue weighted by Crippen LogP contribution is 2.16. The first kappa shape index (κ1) is 12.0. The summed E-state index contributed by atoms with van der Waals surface area (Å²) in [7, 11) is 0. The van der Waals surface area contributed by atoms with E-state index in [9.17, 15) is 0 Å². The summed E-state index contributed by atoms with van der Waals surface area (Å²) in [6.07, 6.45) is 5.20. The van der Waals surface area contributed by atoms with Crippen LogP contribution in [0.1, 0.15) is 39.5 Å². The van der Waals surface area contributed by atoms with E-state index in [0.717, 1.165) is 19.6 Å². The van der Waals surface area contributed by atoms with Crippen molar-refractivity contribution in [2.75, 3.05) is 13.2 Å². The number of nitrogens with one attached hydrogen (secondary N) is 1. The van der Waals surface area contributed by atoms with Gasteiger partial charge in [0, 0.05) is 18.6 Å². The van der Waals surface area contributed by atoms with E-state index in [4.69, 9.17) is 10.5 Å². The third-order valence-electron chi connectivity index (χ3n) is 2.70. The number of hydrogen-bond donors (Lipinski definition) is 2. The average molecular weight is 200 g/mol. The zero-order valence-corrected chi connectivity index (χ0v) is 9.46. The summed E-state index contributed by atoms with van der Waals surface area (Å²) in [4.78, 5) is 0. The first-order valence-electron chi connectivity index (χ1n) is 5.79.